The first-order valence-electron chi connectivity index (χ1n) is 7.22. The number of hydrogen-bond acceptors (Lipinski definition) is 3. The van der Waals surface area contributed by atoms with Crippen molar-refractivity contribution in [2.45, 2.75) is 6.42 Å². The fraction of sp³-hybridized carbons (Fsp3) is 0.118. The Hall–Kier alpha value is -2.17. The van der Waals surface area contributed by atoms with Crippen LogP contribution in [-0.2, 0) is 6.42 Å². The lowest BCUT2D eigenvalue weighted by Gasteiger charge is -2.18. The molecule has 2 heterocycles. The van der Waals surface area contributed by atoms with E-state index in [9.17, 15) is 0 Å². The van der Waals surface area contributed by atoms with Crippen molar-refractivity contribution in [2.75, 3.05) is 6.54 Å². The number of hydrogen-bond donors (Lipinski definition) is 0. The summed E-state index contributed by atoms with van der Waals surface area (Å²) in [6.07, 6.45) is 2.44. The summed E-state index contributed by atoms with van der Waals surface area (Å²) in [7, 11) is 0. The van der Waals surface area contributed by atoms with Gasteiger partial charge >= 0.3 is 0 Å². The van der Waals surface area contributed by atoms with E-state index in [1.54, 1.807) is 6.33 Å². The molecule has 114 valence electrons. The van der Waals surface area contributed by atoms with E-state index in [1.165, 1.54) is 0 Å². The maximum absolute atomic E-state index is 6.39. The zero-order valence-electron chi connectivity index (χ0n) is 12.1. The molecule has 3 aromatic rings. The summed E-state index contributed by atoms with van der Waals surface area (Å²) < 4.78 is 1.98. The lowest BCUT2D eigenvalue weighted by Crippen LogP contribution is -2.15. The molecule has 0 atom stereocenters. The van der Waals surface area contributed by atoms with Crippen LogP contribution in [0.4, 0.5) is 0 Å². The number of aromatic nitrogens is 3. The smallest absolute Gasteiger partial charge is 0.139 e. The highest BCUT2D eigenvalue weighted by Gasteiger charge is 2.20. The van der Waals surface area contributed by atoms with Crippen molar-refractivity contribution in [3.63, 3.8) is 0 Å². The highest BCUT2D eigenvalue weighted by molar-refractivity contribution is 6.36. The highest BCUT2D eigenvalue weighted by atomic mass is 35.5. The van der Waals surface area contributed by atoms with E-state index in [4.69, 9.17) is 28.2 Å². The van der Waals surface area contributed by atoms with E-state index < -0.39 is 0 Å². The number of halogens is 2. The average molecular weight is 343 g/mol. The molecule has 0 amide bonds. The van der Waals surface area contributed by atoms with Crippen LogP contribution in [0.3, 0.4) is 0 Å². The second kappa shape index (κ2) is 5.80. The molecule has 1 aromatic heterocycles. The number of fused-ring (bicyclic) bond motifs is 3. The van der Waals surface area contributed by atoms with Crippen molar-refractivity contribution in [3.8, 4) is 5.69 Å². The summed E-state index contributed by atoms with van der Waals surface area (Å²) >= 11 is 12.6. The maximum Gasteiger partial charge on any atom is 0.139 e. The Morgan fingerprint density at radius 3 is 2.74 bits per heavy atom. The van der Waals surface area contributed by atoms with Gasteiger partial charge in [-0.25, -0.2) is 0 Å². The number of benzene rings is 2. The molecule has 0 N–H and O–H groups in total. The van der Waals surface area contributed by atoms with Gasteiger partial charge in [0.1, 0.15) is 12.2 Å². The van der Waals surface area contributed by atoms with Gasteiger partial charge in [0.25, 0.3) is 0 Å². The minimum absolute atomic E-state index is 0.616. The molecule has 0 spiro atoms. The summed E-state index contributed by atoms with van der Waals surface area (Å²) in [5.74, 6) is 0.885. The van der Waals surface area contributed by atoms with Crippen LogP contribution in [0.1, 0.15) is 17.0 Å². The van der Waals surface area contributed by atoms with Gasteiger partial charge in [-0.15, -0.1) is 10.2 Å². The summed E-state index contributed by atoms with van der Waals surface area (Å²) in [6, 6.07) is 13.4. The molecule has 0 radical (unpaired) electrons. The standard InChI is InChI=1S/C17H12Cl2N4/c18-11-5-6-15-13(9-11)17(12-3-1-2-4-14(12)19)20-8-7-16-22-21-10-23(15)16/h1-6,9-10H,7-8H2. The van der Waals surface area contributed by atoms with Crippen LogP contribution in [-0.4, -0.2) is 27.0 Å². The van der Waals surface area contributed by atoms with Gasteiger partial charge in [-0.3, -0.25) is 9.56 Å². The predicted octanol–water partition coefficient (Wildman–Crippen LogP) is 3.97. The van der Waals surface area contributed by atoms with E-state index in [2.05, 4.69) is 10.2 Å². The molecule has 0 unspecified atom stereocenters. The van der Waals surface area contributed by atoms with Crippen molar-refractivity contribution in [2.24, 2.45) is 4.99 Å². The molecular formula is C17H12Cl2N4. The topological polar surface area (TPSA) is 43.1 Å². The second-order valence-electron chi connectivity index (χ2n) is 5.24. The highest BCUT2D eigenvalue weighted by Crippen LogP contribution is 2.28. The van der Waals surface area contributed by atoms with Gasteiger partial charge in [0.15, 0.2) is 0 Å². The minimum atomic E-state index is 0.616. The van der Waals surface area contributed by atoms with Gasteiger partial charge in [-0.1, -0.05) is 41.4 Å². The van der Waals surface area contributed by atoms with Crippen LogP contribution >= 0.6 is 23.2 Å². The summed E-state index contributed by atoms with van der Waals surface area (Å²) in [6.45, 7) is 0.616. The Morgan fingerprint density at radius 2 is 1.87 bits per heavy atom. The van der Waals surface area contributed by atoms with Crippen molar-refractivity contribution >= 4 is 28.9 Å². The Kier molecular flexibility index (Phi) is 3.63. The van der Waals surface area contributed by atoms with Gasteiger partial charge in [0, 0.05) is 34.1 Å². The molecule has 23 heavy (non-hydrogen) atoms. The zero-order valence-corrected chi connectivity index (χ0v) is 13.6. The predicted molar refractivity (Wildman–Crippen MR) is 92.0 cm³/mol. The van der Waals surface area contributed by atoms with E-state index >= 15 is 0 Å². The van der Waals surface area contributed by atoms with Crippen LogP contribution in [0.5, 0.6) is 0 Å². The lowest BCUT2D eigenvalue weighted by atomic mass is 9.99. The first-order chi connectivity index (χ1) is 11.2. The molecule has 2 aromatic carbocycles. The van der Waals surface area contributed by atoms with Gasteiger partial charge in [0.05, 0.1) is 11.4 Å². The van der Waals surface area contributed by atoms with Crippen molar-refractivity contribution < 1.29 is 0 Å². The fourth-order valence-electron chi connectivity index (χ4n) is 2.78. The average Bonchev–Trinajstić information content (AvgIpc) is 2.99. The first kappa shape index (κ1) is 14.4. The number of rotatable bonds is 1. The molecule has 0 saturated carbocycles. The second-order valence-corrected chi connectivity index (χ2v) is 6.08. The van der Waals surface area contributed by atoms with Crippen LogP contribution in [0.15, 0.2) is 53.8 Å². The Bertz CT molecular complexity index is 914. The molecule has 1 aliphatic rings. The van der Waals surface area contributed by atoms with E-state index in [-0.39, 0.29) is 0 Å². The van der Waals surface area contributed by atoms with Crippen molar-refractivity contribution in [1.82, 2.24) is 14.8 Å². The third-order valence-corrected chi connectivity index (χ3v) is 4.39. The Labute approximate surface area is 143 Å². The lowest BCUT2D eigenvalue weighted by molar-refractivity contribution is 0.823. The Balaban J connectivity index is 2.00. The fourth-order valence-corrected chi connectivity index (χ4v) is 3.17. The molecule has 4 rings (SSSR count). The van der Waals surface area contributed by atoms with Gasteiger partial charge in [0.2, 0.25) is 0 Å². The van der Waals surface area contributed by atoms with Crippen molar-refractivity contribution in [3.05, 3.63) is 75.8 Å². The summed E-state index contributed by atoms with van der Waals surface area (Å²) in [5, 5.41) is 9.53. The van der Waals surface area contributed by atoms with Crippen LogP contribution < -0.4 is 0 Å². The molecule has 1 aliphatic heterocycles. The third-order valence-electron chi connectivity index (χ3n) is 3.83. The van der Waals surface area contributed by atoms with Crippen LogP contribution in [0, 0.1) is 0 Å². The minimum Gasteiger partial charge on any atom is -0.285 e. The molecule has 0 bridgehead atoms. The van der Waals surface area contributed by atoms with Crippen LogP contribution in [0.25, 0.3) is 5.69 Å². The number of aliphatic imine (C=N–C) groups is 1. The molecule has 0 aliphatic carbocycles. The van der Waals surface area contributed by atoms with Gasteiger partial charge in [-0.05, 0) is 24.3 Å². The molecule has 0 fully saturated rings. The van der Waals surface area contributed by atoms with Crippen LogP contribution in [0.2, 0.25) is 10.0 Å². The maximum atomic E-state index is 6.39. The van der Waals surface area contributed by atoms with E-state index in [0.717, 1.165) is 34.8 Å². The molecule has 4 nitrogen and oxygen atoms in total. The number of nitrogens with zero attached hydrogens (tertiary/aromatic N) is 4. The van der Waals surface area contributed by atoms with E-state index in [0.29, 0.717) is 16.6 Å². The quantitative estimate of drug-likeness (QED) is 0.671. The van der Waals surface area contributed by atoms with Gasteiger partial charge < -0.3 is 0 Å². The SMILES string of the molecule is Clc1ccc2c(c1)C(c1ccccc1Cl)=NCCc1nncn1-2. The molecule has 0 saturated heterocycles. The van der Waals surface area contributed by atoms with Gasteiger partial charge in [-0.2, -0.15) is 0 Å². The third kappa shape index (κ3) is 2.54. The molecular weight excluding hydrogens is 331 g/mol. The van der Waals surface area contributed by atoms with Crippen molar-refractivity contribution in [1.29, 1.82) is 0 Å². The zero-order chi connectivity index (χ0) is 15.8. The first-order valence-corrected chi connectivity index (χ1v) is 7.98. The summed E-state index contributed by atoms with van der Waals surface area (Å²) in [5.41, 5.74) is 3.61. The molecule has 6 heteroatoms. The summed E-state index contributed by atoms with van der Waals surface area (Å²) in [4.78, 5) is 4.77. The van der Waals surface area contributed by atoms with E-state index in [1.807, 2.05) is 47.0 Å². The Morgan fingerprint density at radius 1 is 1.00 bits per heavy atom. The normalized spacial score (nSPS) is 13.6. The largest absolute Gasteiger partial charge is 0.285 e. The monoisotopic (exact) mass is 342 g/mol.